The molecule has 0 bridgehead atoms. The van der Waals surface area contributed by atoms with Crippen molar-refractivity contribution >= 4 is 12.0 Å². The van der Waals surface area contributed by atoms with Crippen molar-refractivity contribution in [1.29, 1.82) is 0 Å². The average molecular weight is 418 g/mol. The molecule has 1 saturated carbocycles. The maximum absolute atomic E-state index is 12.4. The molecule has 1 fully saturated rings. The normalized spacial score (nSPS) is 21.7. The van der Waals surface area contributed by atoms with E-state index in [-0.39, 0.29) is 30.6 Å². The molecule has 1 aromatic rings. The molecule has 1 aromatic carbocycles. The summed E-state index contributed by atoms with van der Waals surface area (Å²) in [5.41, 5.74) is 1.01. The van der Waals surface area contributed by atoms with Gasteiger partial charge in [0.1, 0.15) is 13.2 Å². The number of nitrogens with one attached hydrogen (secondary N) is 3. The number of hydrogen-bond donors (Lipinski definition) is 3. The zero-order valence-electron chi connectivity index (χ0n) is 19.0. The molecule has 1 aliphatic rings. The van der Waals surface area contributed by atoms with E-state index in [9.17, 15) is 9.59 Å². The lowest BCUT2D eigenvalue weighted by molar-refractivity contribution is -0.121. The van der Waals surface area contributed by atoms with Crippen molar-refractivity contribution in [3.8, 4) is 0 Å². The highest BCUT2D eigenvalue weighted by Crippen LogP contribution is 2.30. The van der Waals surface area contributed by atoms with Crippen LogP contribution in [0.4, 0.5) is 4.79 Å². The van der Waals surface area contributed by atoms with E-state index in [2.05, 4.69) is 43.6 Å². The lowest BCUT2D eigenvalue weighted by Gasteiger charge is -2.40. The van der Waals surface area contributed by atoms with Gasteiger partial charge in [0.05, 0.1) is 0 Å². The molecule has 6 heteroatoms. The van der Waals surface area contributed by atoms with Crippen LogP contribution in [0.5, 0.6) is 0 Å². The summed E-state index contributed by atoms with van der Waals surface area (Å²) in [6, 6.07) is 10.1. The van der Waals surface area contributed by atoms with Gasteiger partial charge in [-0.3, -0.25) is 4.79 Å². The molecule has 0 aliphatic heterocycles. The van der Waals surface area contributed by atoms with E-state index in [0.29, 0.717) is 12.0 Å². The lowest BCUT2D eigenvalue weighted by Crippen LogP contribution is -2.52. The van der Waals surface area contributed by atoms with E-state index in [4.69, 9.17) is 4.74 Å². The Hall–Kier alpha value is -2.08. The molecule has 3 unspecified atom stereocenters. The van der Waals surface area contributed by atoms with E-state index in [1.807, 2.05) is 30.3 Å². The smallest absolute Gasteiger partial charge is 0.407 e. The number of benzene rings is 1. The van der Waals surface area contributed by atoms with Gasteiger partial charge in [0, 0.05) is 17.6 Å². The number of carbonyl (C=O) groups is 2. The lowest BCUT2D eigenvalue weighted by atomic mass is 9.78. The van der Waals surface area contributed by atoms with Crippen molar-refractivity contribution in [1.82, 2.24) is 16.0 Å². The minimum atomic E-state index is -0.574. The first-order chi connectivity index (χ1) is 14.3. The van der Waals surface area contributed by atoms with E-state index in [1.54, 1.807) is 0 Å². The third-order valence-corrected chi connectivity index (χ3v) is 5.50. The van der Waals surface area contributed by atoms with Crippen LogP contribution in [-0.4, -0.2) is 36.2 Å². The molecule has 0 radical (unpaired) electrons. The van der Waals surface area contributed by atoms with Gasteiger partial charge >= 0.3 is 6.09 Å². The summed E-state index contributed by atoms with van der Waals surface area (Å²) in [5, 5.41) is 9.43. The third-order valence-electron chi connectivity index (χ3n) is 5.50. The number of carbonyl (C=O) groups excluding carboxylic acids is 2. The van der Waals surface area contributed by atoms with Crippen LogP contribution >= 0.6 is 0 Å². The van der Waals surface area contributed by atoms with Gasteiger partial charge in [-0.05, 0) is 57.9 Å². The Labute approximate surface area is 181 Å². The van der Waals surface area contributed by atoms with Crippen LogP contribution in [0.2, 0.25) is 0 Å². The molecule has 3 atom stereocenters. The van der Waals surface area contributed by atoms with Crippen LogP contribution in [-0.2, 0) is 16.1 Å². The standard InChI is InChI=1S/C24H39N3O3/c1-5-6-12-19-15-20(27-24(2,3)4)13-14-21(19)26-22(28)16-25-23(29)30-17-18-10-8-7-9-11-18/h7-11,19-21,27H,5-6,12-17H2,1-4H3,(H,25,29)(H,26,28). The minimum Gasteiger partial charge on any atom is -0.445 e. The van der Waals surface area contributed by atoms with Gasteiger partial charge in [-0.2, -0.15) is 0 Å². The Kier molecular flexibility index (Phi) is 9.63. The Balaban J connectivity index is 1.76. The van der Waals surface area contributed by atoms with Gasteiger partial charge in [-0.25, -0.2) is 4.79 Å². The predicted molar refractivity (Wildman–Crippen MR) is 120 cm³/mol. The summed E-state index contributed by atoms with van der Waals surface area (Å²) in [6.07, 6.45) is 5.97. The zero-order chi connectivity index (χ0) is 22.0. The molecular formula is C24H39N3O3. The van der Waals surface area contributed by atoms with Crippen LogP contribution in [0.25, 0.3) is 0 Å². The molecule has 6 nitrogen and oxygen atoms in total. The van der Waals surface area contributed by atoms with Crippen LogP contribution in [0, 0.1) is 5.92 Å². The number of hydrogen-bond acceptors (Lipinski definition) is 4. The first-order valence-corrected chi connectivity index (χ1v) is 11.3. The summed E-state index contributed by atoms with van der Waals surface area (Å²) < 4.78 is 5.16. The second-order valence-corrected chi connectivity index (χ2v) is 9.40. The Morgan fingerprint density at radius 2 is 1.87 bits per heavy atom. The Morgan fingerprint density at radius 1 is 1.13 bits per heavy atom. The first-order valence-electron chi connectivity index (χ1n) is 11.3. The highest BCUT2D eigenvalue weighted by Gasteiger charge is 2.32. The number of alkyl carbamates (subject to hydrolysis) is 1. The molecule has 2 rings (SSSR count). The summed E-state index contributed by atoms with van der Waals surface area (Å²) in [7, 11) is 0. The van der Waals surface area contributed by atoms with Crippen LogP contribution in [0.1, 0.15) is 71.8 Å². The molecule has 0 aromatic heterocycles. The predicted octanol–water partition coefficient (Wildman–Crippen LogP) is 4.14. The fourth-order valence-electron chi connectivity index (χ4n) is 4.17. The maximum Gasteiger partial charge on any atom is 0.407 e. The van der Waals surface area contributed by atoms with Crippen molar-refractivity contribution in [3.05, 3.63) is 35.9 Å². The van der Waals surface area contributed by atoms with Crippen LogP contribution in [0.15, 0.2) is 30.3 Å². The van der Waals surface area contributed by atoms with Gasteiger partial charge in [0.2, 0.25) is 5.91 Å². The van der Waals surface area contributed by atoms with Crippen LogP contribution < -0.4 is 16.0 Å². The largest absolute Gasteiger partial charge is 0.445 e. The minimum absolute atomic E-state index is 0.0612. The summed E-state index contributed by atoms with van der Waals surface area (Å²) in [5.74, 6) is 0.313. The average Bonchev–Trinajstić information content (AvgIpc) is 2.70. The molecule has 0 spiro atoms. The molecule has 30 heavy (non-hydrogen) atoms. The fourth-order valence-corrected chi connectivity index (χ4v) is 4.17. The molecule has 3 N–H and O–H groups in total. The second kappa shape index (κ2) is 11.9. The number of ether oxygens (including phenoxy) is 1. The third kappa shape index (κ3) is 9.16. The SMILES string of the molecule is CCCCC1CC(NC(C)(C)C)CCC1NC(=O)CNC(=O)OCc1ccccc1. The highest BCUT2D eigenvalue weighted by molar-refractivity contribution is 5.82. The molecule has 168 valence electrons. The van der Waals surface area contributed by atoms with Crippen molar-refractivity contribution in [2.24, 2.45) is 5.92 Å². The Bertz CT molecular complexity index is 657. The van der Waals surface area contributed by atoms with E-state index < -0.39 is 6.09 Å². The zero-order valence-corrected chi connectivity index (χ0v) is 19.0. The highest BCUT2D eigenvalue weighted by atomic mass is 16.5. The van der Waals surface area contributed by atoms with Crippen LogP contribution in [0.3, 0.4) is 0 Å². The Morgan fingerprint density at radius 3 is 2.53 bits per heavy atom. The van der Waals surface area contributed by atoms with Crippen molar-refractivity contribution in [2.45, 2.75) is 90.4 Å². The summed E-state index contributed by atoms with van der Waals surface area (Å²) >= 11 is 0. The van der Waals surface area contributed by atoms with Gasteiger partial charge in [0.15, 0.2) is 0 Å². The van der Waals surface area contributed by atoms with Crippen molar-refractivity contribution in [2.75, 3.05) is 6.54 Å². The topological polar surface area (TPSA) is 79.5 Å². The monoisotopic (exact) mass is 417 g/mol. The van der Waals surface area contributed by atoms with E-state index in [1.165, 1.54) is 6.42 Å². The van der Waals surface area contributed by atoms with Gasteiger partial charge < -0.3 is 20.7 Å². The van der Waals surface area contributed by atoms with Crippen molar-refractivity contribution < 1.29 is 14.3 Å². The van der Waals surface area contributed by atoms with E-state index in [0.717, 1.165) is 37.7 Å². The van der Waals surface area contributed by atoms with E-state index >= 15 is 0 Å². The molecule has 1 aliphatic carbocycles. The first kappa shape index (κ1) is 24.2. The fraction of sp³-hybridized carbons (Fsp3) is 0.667. The van der Waals surface area contributed by atoms with Gasteiger partial charge in [-0.15, -0.1) is 0 Å². The quantitative estimate of drug-likeness (QED) is 0.564. The number of rotatable bonds is 9. The number of unbranched alkanes of at least 4 members (excludes halogenated alkanes) is 1. The summed E-state index contributed by atoms with van der Waals surface area (Å²) in [6.45, 7) is 8.93. The van der Waals surface area contributed by atoms with Gasteiger partial charge in [-0.1, -0.05) is 50.1 Å². The second-order valence-electron chi connectivity index (χ2n) is 9.40. The van der Waals surface area contributed by atoms with Gasteiger partial charge in [0.25, 0.3) is 0 Å². The maximum atomic E-state index is 12.4. The molecule has 0 heterocycles. The van der Waals surface area contributed by atoms with Crippen molar-refractivity contribution in [3.63, 3.8) is 0 Å². The molecule has 0 saturated heterocycles. The summed E-state index contributed by atoms with van der Waals surface area (Å²) in [4.78, 5) is 24.3. The molecule has 2 amide bonds. The number of amides is 2. The molecular weight excluding hydrogens is 378 g/mol.